The summed E-state index contributed by atoms with van der Waals surface area (Å²) in [6, 6.07) is 27.3. The third-order valence-electron chi connectivity index (χ3n) is 6.46. The predicted octanol–water partition coefficient (Wildman–Crippen LogP) is 5.84. The van der Waals surface area contributed by atoms with Gasteiger partial charge in [-0.1, -0.05) is 72.8 Å². The smallest absolute Gasteiger partial charge is 0.340 e. The number of ether oxygens (including phenoxy) is 2. The topological polar surface area (TPSA) is 47.6 Å². The summed E-state index contributed by atoms with van der Waals surface area (Å²) in [5, 5.41) is 5.97. The van der Waals surface area contributed by atoms with Crippen LogP contribution >= 0.6 is 0 Å². The van der Waals surface area contributed by atoms with Crippen LogP contribution in [0, 0.1) is 5.82 Å². The van der Waals surface area contributed by atoms with E-state index in [0.29, 0.717) is 25.1 Å². The Balaban J connectivity index is 1.37. The van der Waals surface area contributed by atoms with Gasteiger partial charge in [-0.25, -0.2) is 9.18 Å². The quantitative estimate of drug-likeness (QED) is 0.371. The van der Waals surface area contributed by atoms with Gasteiger partial charge in [-0.15, -0.1) is 0 Å². The fraction of sp³-hybridized carbons (Fsp3) is 0.207. The van der Waals surface area contributed by atoms with E-state index in [4.69, 9.17) is 9.47 Å². The average molecular weight is 456 g/mol. The molecular weight excluding hydrogens is 429 g/mol. The molecule has 4 nitrogen and oxygen atoms in total. The van der Waals surface area contributed by atoms with Crippen LogP contribution in [-0.4, -0.2) is 25.7 Å². The van der Waals surface area contributed by atoms with Crippen molar-refractivity contribution in [2.24, 2.45) is 0 Å². The Morgan fingerprint density at radius 1 is 0.971 bits per heavy atom. The number of hydrogen-bond acceptors (Lipinski definition) is 4. The van der Waals surface area contributed by atoms with Crippen molar-refractivity contribution in [2.75, 3.05) is 13.7 Å². The second kappa shape index (κ2) is 9.65. The van der Waals surface area contributed by atoms with Crippen LogP contribution in [-0.2, 0) is 11.3 Å². The molecule has 0 saturated heterocycles. The molecule has 0 aliphatic carbocycles. The fourth-order valence-corrected chi connectivity index (χ4v) is 4.81. The molecule has 4 aromatic rings. The van der Waals surface area contributed by atoms with Crippen LogP contribution in [0.15, 0.2) is 84.9 Å². The lowest BCUT2D eigenvalue weighted by Crippen LogP contribution is -2.36. The molecule has 1 heterocycles. The molecule has 1 N–H and O–H groups in total. The molecule has 0 amide bonds. The maximum Gasteiger partial charge on any atom is 0.340 e. The maximum absolute atomic E-state index is 15.4. The molecular formula is C29H26FNO3. The normalized spacial score (nSPS) is 17.1. The highest BCUT2D eigenvalue weighted by molar-refractivity contribution is 5.90. The number of benzene rings is 4. The standard InChI is InChI=1S/C29H26FNO3/c1-33-29(32)25-14-7-13-24(28(25)30)26-16-21(34-27-15-5-4-12-23(26)27)18-31-17-20-10-6-9-19-8-2-3-11-22(19)20/h2-15,21,26,31H,16-18H2,1H3. The molecule has 0 saturated carbocycles. The molecule has 0 fully saturated rings. The number of nitrogens with one attached hydrogen (secondary N) is 1. The minimum absolute atomic E-state index is 0.0467. The van der Waals surface area contributed by atoms with Crippen molar-refractivity contribution in [3.05, 3.63) is 113 Å². The molecule has 0 spiro atoms. The number of methoxy groups -OCH3 is 1. The largest absolute Gasteiger partial charge is 0.489 e. The highest BCUT2D eigenvalue weighted by Crippen LogP contribution is 2.41. The van der Waals surface area contributed by atoms with Gasteiger partial charge in [0.25, 0.3) is 0 Å². The zero-order chi connectivity index (χ0) is 23.5. The number of fused-ring (bicyclic) bond motifs is 2. The molecule has 172 valence electrons. The number of carbonyl (C=O) groups excluding carboxylic acids is 1. The first-order valence-corrected chi connectivity index (χ1v) is 11.5. The van der Waals surface area contributed by atoms with Gasteiger partial charge in [0, 0.05) is 24.6 Å². The molecule has 2 atom stereocenters. The van der Waals surface area contributed by atoms with E-state index in [2.05, 4.69) is 41.7 Å². The van der Waals surface area contributed by atoms with Crippen LogP contribution in [0.5, 0.6) is 5.75 Å². The van der Waals surface area contributed by atoms with E-state index in [1.54, 1.807) is 12.1 Å². The third-order valence-corrected chi connectivity index (χ3v) is 6.46. The Hall–Kier alpha value is -3.70. The molecule has 34 heavy (non-hydrogen) atoms. The minimum atomic E-state index is -0.673. The highest BCUT2D eigenvalue weighted by atomic mass is 19.1. The molecule has 1 aliphatic heterocycles. The zero-order valence-corrected chi connectivity index (χ0v) is 19.0. The SMILES string of the molecule is COC(=O)c1cccc(C2CC(CNCc3cccc4ccccc34)Oc3ccccc32)c1F. The summed E-state index contributed by atoms with van der Waals surface area (Å²) in [6.07, 6.45) is 0.456. The molecule has 0 bridgehead atoms. The first-order valence-electron chi connectivity index (χ1n) is 11.5. The van der Waals surface area contributed by atoms with Crippen LogP contribution in [0.4, 0.5) is 4.39 Å². The lowest BCUT2D eigenvalue weighted by Gasteiger charge is -2.33. The third kappa shape index (κ3) is 4.27. The zero-order valence-electron chi connectivity index (χ0n) is 19.0. The number of esters is 1. The first kappa shape index (κ1) is 22.1. The Morgan fingerprint density at radius 3 is 2.59 bits per heavy atom. The van der Waals surface area contributed by atoms with Gasteiger partial charge in [-0.3, -0.25) is 0 Å². The summed E-state index contributed by atoms with van der Waals surface area (Å²) in [5.41, 5.74) is 2.59. The van der Waals surface area contributed by atoms with E-state index in [0.717, 1.165) is 11.3 Å². The summed E-state index contributed by atoms with van der Waals surface area (Å²) in [6.45, 7) is 1.33. The van der Waals surface area contributed by atoms with Gasteiger partial charge in [0.05, 0.1) is 12.7 Å². The molecule has 0 radical (unpaired) electrons. The Kier molecular flexibility index (Phi) is 6.28. The fourth-order valence-electron chi connectivity index (χ4n) is 4.81. The van der Waals surface area contributed by atoms with Crippen LogP contribution in [0.1, 0.15) is 39.4 Å². The summed E-state index contributed by atoms with van der Waals surface area (Å²) in [7, 11) is 1.26. The van der Waals surface area contributed by atoms with Crippen LogP contribution < -0.4 is 10.1 Å². The van der Waals surface area contributed by atoms with Crippen molar-refractivity contribution >= 4 is 16.7 Å². The van der Waals surface area contributed by atoms with Crippen molar-refractivity contribution in [3.63, 3.8) is 0 Å². The summed E-state index contributed by atoms with van der Waals surface area (Å²) >= 11 is 0. The van der Waals surface area contributed by atoms with Gasteiger partial charge >= 0.3 is 5.97 Å². The number of rotatable bonds is 6. The van der Waals surface area contributed by atoms with Gasteiger partial charge in [-0.05, 0) is 40.5 Å². The number of carbonyl (C=O) groups is 1. The summed E-state index contributed by atoms with van der Waals surface area (Å²) < 4.78 is 26.4. The second-order valence-corrected chi connectivity index (χ2v) is 8.54. The van der Waals surface area contributed by atoms with Crippen LogP contribution in [0.25, 0.3) is 10.8 Å². The van der Waals surface area contributed by atoms with Crippen molar-refractivity contribution in [3.8, 4) is 5.75 Å². The van der Waals surface area contributed by atoms with E-state index >= 15 is 4.39 Å². The first-order chi connectivity index (χ1) is 16.7. The molecule has 0 aromatic heterocycles. The summed E-state index contributed by atoms with van der Waals surface area (Å²) in [5.74, 6) is -0.677. The number of para-hydroxylation sites is 1. The van der Waals surface area contributed by atoms with E-state index in [9.17, 15) is 4.79 Å². The number of halogens is 1. The predicted molar refractivity (Wildman–Crippen MR) is 131 cm³/mol. The Morgan fingerprint density at radius 2 is 1.71 bits per heavy atom. The average Bonchev–Trinajstić information content (AvgIpc) is 2.88. The highest BCUT2D eigenvalue weighted by Gasteiger charge is 2.32. The number of hydrogen-bond donors (Lipinski definition) is 1. The Bertz CT molecular complexity index is 1330. The lowest BCUT2D eigenvalue weighted by molar-refractivity contribution is 0.0595. The molecule has 5 heteroatoms. The van der Waals surface area contributed by atoms with E-state index in [-0.39, 0.29) is 17.6 Å². The molecule has 1 aliphatic rings. The van der Waals surface area contributed by atoms with Gasteiger partial charge in [0.1, 0.15) is 17.7 Å². The van der Waals surface area contributed by atoms with E-state index < -0.39 is 11.8 Å². The maximum atomic E-state index is 15.4. The monoisotopic (exact) mass is 455 g/mol. The van der Waals surface area contributed by atoms with E-state index in [1.165, 1.54) is 29.5 Å². The lowest BCUT2D eigenvalue weighted by atomic mass is 9.83. The van der Waals surface area contributed by atoms with Crippen molar-refractivity contribution in [1.29, 1.82) is 0 Å². The van der Waals surface area contributed by atoms with E-state index in [1.807, 2.05) is 30.3 Å². The molecule has 4 aromatic carbocycles. The van der Waals surface area contributed by atoms with Crippen molar-refractivity contribution in [2.45, 2.75) is 25.0 Å². The van der Waals surface area contributed by atoms with Crippen LogP contribution in [0.2, 0.25) is 0 Å². The van der Waals surface area contributed by atoms with Crippen molar-refractivity contribution < 1.29 is 18.7 Å². The molecule has 2 unspecified atom stereocenters. The van der Waals surface area contributed by atoms with Gasteiger partial charge in [0.15, 0.2) is 0 Å². The Labute approximate surface area is 198 Å². The van der Waals surface area contributed by atoms with Crippen molar-refractivity contribution in [1.82, 2.24) is 5.32 Å². The van der Waals surface area contributed by atoms with Gasteiger partial charge < -0.3 is 14.8 Å². The second-order valence-electron chi connectivity index (χ2n) is 8.54. The van der Waals surface area contributed by atoms with Gasteiger partial charge in [0.2, 0.25) is 0 Å². The van der Waals surface area contributed by atoms with Crippen LogP contribution in [0.3, 0.4) is 0 Å². The minimum Gasteiger partial charge on any atom is -0.489 e. The molecule has 5 rings (SSSR count). The summed E-state index contributed by atoms with van der Waals surface area (Å²) in [4.78, 5) is 12.1. The van der Waals surface area contributed by atoms with Gasteiger partial charge in [-0.2, -0.15) is 0 Å².